The predicted octanol–water partition coefficient (Wildman–Crippen LogP) is 3.35. The van der Waals surface area contributed by atoms with Gasteiger partial charge >= 0.3 is 0 Å². The van der Waals surface area contributed by atoms with Crippen molar-refractivity contribution in [2.75, 3.05) is 19.8 Å². The Morgan fingerprint density at radius 3 is 2.19 bits per heavy atom. The molecular formula is C21H40O5. The fourth-order valence-corrected chi connectivity index (χ4v) is 3.26. The molecule has 0 aliphatic carbocycles. The number of ether oxygens (including phenoxy) is 2. The molecule has 0 radical (unpaired) electrons. The number of hydrogen-bond acceptors (Lipinski definition) is 5. The second kappa shape index (κ2) is 15.6. The Bertz CT molecular complexity index is 345. The molecule has 1 saturated heterocycles. The molecule has 4 atom stereocenters. The third kappa shape index (κ3) is 10.0. The van der Waals surface area contributed by atoms with Crippen molar-refractivity contribution in [2.45, 2.75) is 102 Å². The van der Waals surface area contributed by atoms with Gasteiger partial charge in [0.15, 0.2) is 0 Å². The third-order valence-corrected chi connectivity index (χ3v) is 4.97. The summed E-state index contributed by atoms with van der Waals surface area (Å²) in [7, 11) is 0. The smallest absolute Gasteiger partial charge is 0.114 e. The van der Waals surface area contributed by atoms with E-state index in [1.54, 1.807) is 0 Å². The van der Waals surface area contributed by atoms with Crippen LogP contribution in [0.15, 0.2) is 12.2 Å². The maximum atomic E-state index is 9.97. The zero-order valence-corrected chi connectivity index (χ0v) is 16.5. The van der Waals surface area contributed by atoms with Crippen molar-refractivity contribution in [3.8, 4) is 0 Å². The Morgan fingerprint density at radius 2 is 1.54 bits per heavy atom. The van der Waals surface area contributed by atoms with Crippen LogP contribution in [-0.4, -0.2) is 59.6 Å². The Balaban J connectivity index is 1.96. The van der Waals surface area contributed by atoms with Gasteiger partial charge < -0.3 is 24.8 Å². The first-order valence-electron chi connectivity index (χ1n) is 10.6. The Hall–Kier alpha value is -0.460. The van der Waals surface area contributed by atoms with Crippen molar-refractivity contribution in [3.05, 3.63) is 12.2 Å². The lowest BCUT2D eigenvalue weighted by molar-refractivity contribution is -0.211. The molecule has 0 bridgehead atoms. The number of aliphatic hydroxyl groups excluding tert-OH is 3. The van der Waals surface area contributed by atoms with E-state index in [0.29, 0.717) is 6.61 Å². The summed E-state index contributed by atoms with van der Waals surface area (Å²) in [5.41, 5.74) is 0. The van der Waals surface area contributed by atoms with E-state index in [0.717, 1.165) is 25.7 Å². The molecule has 154 valence electrons. The molecule has 26 heavy (non-hydrogen) atoms. The highest BCUT2D eigenvalue weighted by Crippen LogP contribution is 2.19. The molecule has 5 nitrogen and oxygen atoms in total. The van der Waals surface area contributed by atoms with Gasteiger partial charge in [-0.05, 0) is 32.1 Å². The van der Waals surface area contributed by atoms with E-state index in [1.807, 2.05) is 0 Å². The zero-order chi connectivity index (χ0) is 19.0. The van der Waals surface area contributed by atoms with Crippen LogP contribution in [0.2, 0.25) is 0 Å². The Labute approximate surface area is 159 Å². The minimum Gasteiger partial charge on any atom is -0.394 e. The summed E-state index contributed by atoms with van der Waals surface area (Å²) in [5, 5.41) is 28.9. The van der Waals surface area contributed by atoms with E-state index in [-0.39, 0.29) is 13.2 Å². The molecule has 0 unspecified atom stereocenters. The largest absolute Gasteiger partial charge is 0.394 e. The maximum Gasteiger partial charge on any atom is 0.114 e. The second-order valence-corrected chi connectivity index (χ2v) is 7.32. The minimum absolute atomic E-state index is 0.0390. The summed E-state index contributed by atoms with van der Waals surface area (Å²) in [6.45, 7) is 2.59. The standard InChI is InChI=1S/C21H40O5/c1-2-3-4-5-6-7-8-9-10-11-12-13-14-15-25-21-19(16-22)26-17-18(23)20(21)24/h9-10,18-24H,2-8,11-17H2,1H3/b10-9+/t18-,19+,20+,21+/m0/s1. The molecule has 3 N–H and O–H groups in total. The average Bonchev–Trinajstić information content (AvgIpc) is 2.65. The van der Waals surface area contributed by atoms with Crippen molar-refractivity contribution < 1.29 is 24.8 Å². The molecule has 0 saturated carbocycles. The lowest BCUT2D eigenvalue weighted by atomic mass is 10.0. The highest BCUT2D eigenvalue weighted by molar-refractivity contribution is 4.87. The first-order valence-corrected chi connectivity index (χ1v) is 10.6. The molecule has 0 amide bonds. The van der Waals surface area contributed by atoms with E-state index >= 15 is 0 Å². The van der Waals surface area contributed by atoms with Crippen LogP contribution >= 0.6 is 0 Å². The molecule has 5 heteroatoms. The molecule has 0 spiro atoms. The van der Waals surface area contributed by atoms with Gasteiger partial charge in [0.05, 0.1) is 13.2 Å². The molecule has 0 aromatic rings. The lowest BCUT2D eigenvalue weighted by Gasteiger charge is -2.37. The summed E-state index contributed by atoms with van der Waals surface area (Å²) < 4.78 is 11.0. The second-order valence-electron chi connectivity index (χ2n) is 7.32. The predicted molar refractivity (Wildman–Crippen MR) is 104 cm³/mol. The van der Waals surface area contributed by atoms with Gasteiger partial charge in [0.2, 0.25) is 0 Å². The van der Waals surface area contributed by atoms with Crippen molar-refractivity contribution in [1.82, 2.24) is 0 Å². The first kappa shape index (κ1) is 23.6. The highest BCUT2D eigenvalue weighted by Gasteiger charge is 2.39. The molecule has 1 aliphatic heterocycles. The van der Waals surface area contributed by atoms with Crippen molar-refractivity contribution in [1.29, 1.82) is 0 Å². The molecule has 0 aromatic heterocycles. The molecular weight excluding hydrogens is 332 g/mol. The van der Waals surface area contributed by atoms with Crippen LogP contribution in [0, 0.1) is 0 Å². The minimum atomic E-state index is -0.995. The van der Waals surface area contributed by atoms with Gasteiger partial charge in [-0.2, -0.15) is 0 Å². The van der Waals surface area contributed by atoms with Crippen molar-refractivity contribution in [2.24, 2.45) is 0 Å². The number of hydrogen-bond donors (Lipinski definition) is 3. The highest BCUT2D eigenvalue weighted by atomic mass is 16.6. The van der Waals surface area contributed by atoms with Crippen LogP contribution in [-0.2, 0) is 9.47 Å². The zero-order valence-electron chi connectivity index (χ0n) is 16.5. The van der Waals surface area contributed by atoms with Crippen LogP contribution in [0.25, 0.3) is 0 Å². The molecule has 1 fully saturated rings. The summed E-state index contributed by atoms with van der Waals surface area (Å²) in [6, 6.07) is 0. The summed E-state index contributed by atoms with van der Waals surface area (Å²) in [6.07, 6.45) is 14.9. The van der Waals surface area contributed by atoms with Gasteiger partial charge in [0, 0.05) is 6.61 Å². The van der Waals surface area contributed by atoms with E-state index < -0.39 is 24.4 Å². The number of unbranched alkanes of at least 4 members (excludes halogenated alkanes) is 9. The van der Waals surface area contributed by atoms with E-state index in [4.69, 9.17) is 9.47 Å². The average molecular weight is 373 g/mol. The van der Waals surface area contributed by atoms with Gasteiger partial charge in [-0.1, -0.05) is 57.6 Å². The lowest BCUT2D eigenvalue weighted by Crippen LogP contribution is -2.55. The van der Waals surface area contributed by atoms with Crippen LogP contribution in [0.5, 0.6) is 0 Å². The van der Waals surface area contributed by atoms with Crippen LogP contribution in [0.1, 0.15) is 77.6 Å². The molecule has 0 aromatic carbocycles. The van der Waals surface area contributed by atoms with E-state index in [1.165, 1.54) is 44.9 Å². The molecule has 1 rings (SSSR count). The number of aliphatic hydroxyl groups is 3. The molecule has 1 aliphatic rings. The van der Waals surface area contributed by atoms with Gasteiger partial charge in [-0.15, -0.1) is 0 Å². The monoisotopic (exact) mass is 372 g/mol. The number of allylic oxidation sites excluding steroid dienone is 2. The summed E-state index contributed by atoms with van der Waals surface area (Å²) >= 11 is 0. The van der Waals surface area contributed by atoms with Gasteiger partial charge in [-0.3, -0.25) is 0 Å². The topological polar surface area (TPSA) is 79.2 Å². The fourth-order valence-electron chi connectivity index (χ4n) is 3.26. The summed E-state index contributed by atoms with van der Waals surface area (Å²) in [5.74, 6) is 0. The maximum absolute atomic E-state index is 9.97. The quantitative estimate of drug-likeness (QED) is 0.303. The van der Waals surface area contributed by atoms with Crippen LogP contribution in [0.3, 0.4) is 0 Å². The third-order valence-electron chi connectivity index (χ3n) is 4.97. The van der Waals surface area contributed by atoms with E-state index in [9.17, 15) is 15.3 Å². The van der Waals surface area contributed by atoms with Gasteiger partial charge in [0.1, 0.15) is 24.4 Å². The Morgan fingerprint density at radius 1 is 0.923 bits per heavy atom. The van der Waals surface area contributed by atoms with Crippen molar-refractivity contribution >= 4 is 0 Å². The summed E-state index contributed by atoms with van der Waals surface area (Å²) in [4.78, 5) is 0. The normalized spacial score (nSPS) is 26.6. The first-order chi connectivity index (χ1) is 12.7. The van der Waals surface area contributed by atoms with Crippen LogP contribution in [0.4, 0.5) is 0 Å². The van der Waals surface area contributed by atoms with E-state index in [2.05, 4.69) is 19.1 Å². The SMILES string of the molecule is CCCCCCCC/C=C/CCCCCO[C@H]1[C@H](O)[C@@H](O)CO[C@@H]1CO. The van der Waals surface area contributed by atoms with Gasteiger partial charge in [0.25, 0.3) is 0 Å². The fraction of sp³-hybridized carbons (Fsp3) is 0.905. The van der Waals surface area contributed by atoms with Crippen molar-refractivity contribution in [3.63, 3.8) is 0 Å². The van der Waals surface area contributed by atoms with Gasteiger partial charge in [-0.25, -0.2) is 0 Å². The number of rotatable bonds is 15. The Kier molecular flexibility index (Phi) is 14.1. The van der Waals surface area contributed by atoms with Crippen LogP contribution < -0.4 is 0 Å². The molecule has 1 heterocycles.